The predicted molar refractivity (Wildman–Crippen MR) is 71.3 cm³/mol. The van der Waals surface area contributed by atoms with E-state index in [1.807, 2.05) is 6.20 Å². The Balaban J connectivity index is 1.86. The van der Waals surface area contributed by atoms with Crippen LogP contribution in [0.4, 0.5) is 0 Å². The summed E-state index contributed by atoms with van der Waals surface area (Å²) in [6.45, 7) is 6.72. The lowest BCUT2D eigenvalue weighted by Gasteiger charge is -2.28. The first kappa shape index (κ1) is 11.6. The van der Waals surface area contributed by atoms with E-state index in [0.29, 0.717) is 6.04 Å². The second-order valence-electron chi connectivity index (χ2n) is 5.41. The highest BCUT2D eigenvalue weighted by Gasteiger charge is 2.48. The Bertz CT molecular complexity index is 374. The van der Waals surface area contributed by atoms with Crippen LogP contribution in [0, 0.1) is 0 Å². The monoisotopic (exact) mass is 251 g/mol. The third-order valence-corrected chi connectivity index (χ3v) is 5.01. The summed E-state index contributed by atoms with van der Waals surface area (Å²) in [6.07, 6.45) is 5.92. The van der Waals surface area contributed by atoms with Crippen molar-refractivity contribution in [2.75, 3.05) is 13.1 Å². The van der Waals surface area contributed by atoms with Gasteiger partial charge in [-0.05, 0) is 32.7 Å². The van der Waals surface area contributed by atoms with Crippen molar-refractivity contribution in [2.24, 2.45) is 0 Å². The van der Waals surface area contributed by atoms with E-state index >= 15 is 0 Å². The largest absolute Gasteiger partial charge is 0.305 e. The minimum atomic E-state index is 0.116. The number of likely N-dealkylation sites (tertiary alicyclic amines) is 1. The van der Waals surface area contributed by atoms with Crippen LogP contribution in [-0.2, 0) is 5.54 Å². The lowest BCUT2D eigenvalue weighted by atomic mass is 9.97. The summed E-state index contributed by atoms with van der Waals surface area (Å²) in [4.78, 5) is 7.25. The number of likely N-dealkylation sites (N-methyl/N-ethyl adjacent to an activating group) is 1. The lowest BCUT2D eigenvalue weighted by molar-refractivity contribution is 0.241. The first-order valence-electron chi connectivity index (χ1n) is 6.66. The standard InChI is InChI=1S/C13H21N3S/c1-3-15-13(12-14-6-7-17-12)8-10(2)16(9-13)11-4-5-11/h6-7,10-11,15H,3-5,8-9H2,1-2H3. The predicted octanol–water partition coefficient (Wildman–Crippen LogP) is 2.20. The minimum Gasteiger partial charge on any atom is -0.305 e. The van der Waals surface area contributed by atoms with Gasteiger partial charge in [-0.3, -0.25) is 4.90 Å². The van der Waals surface area contributed by atoms with Crippen molar-refractivity contribution < 1.29 is 0 Å². The molecule has 4 heteroatoms. The Morgan fingerprint density at radius 2 is 2.41 bits per heavy atom. The first-order valence-corrected chi connectivity index (χ1v) is 7.54. The molecule has 0 radical (unpaired) electrons. The van der Waals surface area contributed by atoms with E-state index in [-0.39, 0.29) is 5.54 Å². The Hall–Kier alpha value is -0.450. The fraction of sp³-hybridized carbons (Fsp3) is 0.769. The summed E-state index contributed by atoms with van der Waals surface area (Å²) < 4.78 is 0. The highest BCUT2D eigenvalue weighted by molar-refractivity contribution is 7.09. The van der Waals surface area contributed by atoms with E-state index < -0.39 is 0 Å². The van der Waals surface area contributed by atoms with Gasteiger partial charge in [0.15, 0.2) is 0 Å². The molecule has 1 aromatic rings. The molecule has 17 heavy (non-hydrogen) atoms. The molecule has 2 fully saturated rings. The summed E-state index contributed by atoms with van der Waals surface area (Å²) in [5.41, 5.74) is 0.116. The number of nitrogens with zero attached hydrogens (tertiary/aromatic N) is 2. The minimum absolute atomic E-state index is 0.116. The van der Waals surface area contributed by atoms with Crippen molar-refractivity contribution in [1.29, 1.82) is 0 Å². The Labute approximate surface area is 107 Å². The van der Waals surface area contributed by atoms with Crippen LogP contribution in [0.2, 0.25) is 0 Å². The topological polar surface area (TPSA) is 28.2 Å². The zero-order valence-corrected chi connectivity index (χ0v) is 11.5. The summed E-state index contributed by atoms with van der Waals surface area (Å²) in [6, 6.07) is 1.54. The van der Waals surface area contributed by atoms with E-state index in [1.54, 1.807) is 11.3 Å². The molecule has 0 bridgehead atoms. The maximum Gasteiger partial charge on any atom is 0.114 e. The van der Waals surface area contributed by atoms with Crippen LogP contribution in [0.25, 0.3) is 0 Å². The number of aromatic nitrogens is 1. The van der Waals surface area contributed by atoms with Gasteiger partial charge in [-0.2, -0.15) is 0 Å². The maximum atomic E-state index is 4.57. The van der Waals surface area contributed by atoms with Gasteiger partial charge in [-0.1, -0.05) is 6.92 Å². The van der Waals surface area contributed by atoms with Gasteiger partial charge in [-0.25, -0.2) is 4.98 Å². The Kier molecular flexibility index (Phi) is 2.97. The quantitative estimate of drug-likeness (QED) is 0.889. The van der Waals surface area contributed by atoms with Crippen molar-refractivity contribution in [3.8, 4) is 0 Å². The van der Waals surface area contributed by atoms with Gasteiger partial charge in [0.2, 0.25) is 0 Å². The smallest absolute Gasteiger partial charge is 0.114 e. The number of hydrogen-bond donors (Lipinski definition) is 1. The molecule has 1 aromatic heterocycles. The molecule has 0 aromatic carbocycles. The molecule has 1 saturated heterocycles. The average Bonchev–Trinajstić information content (AvgIpc) is 2.88. The van der Waals surface area contributed by atoms with Crippen LogP contribution in [-0.4, -0.2) is 35.1 Å². The third-order valence-electron chi connectivity index (χ3n) is 4.04. The summed E-state index contributed by atoms with van der Waals surface area (Å²) in [5, 5.41) is 7.08. The molecule has 2 aliphatic rings. The zero-order chi connectivity index (χ0) is 11.9. The fourth-order valence-corrected chi connectivity index (χ4v) is 4.02. The number of nitrogens with one attached hydrogen (secondary N) is 1. The molecular weight excluding hydrogens is 230 g/mol. The number of hydrogen-bond acceptors (Lipinski definition) is 4. The second-order valence-corrected chi connectivity index (χ2v) is 6.30. The van der Waals surface area contributed by atoms with Crippen LogP contribution in [0.5, 0.6) is 0 Å². The molecule has 0 amide bonds. The highest BCUT2D eigenvalue weighted by atomic mass is 32.1. The SMILES string of the molecule is CCNC1(c2nccs2)CC(C)N(C2CC2)C1. The van der Waals surface area contributed by atoms with Gasteiger partial charge in [0, 0.05) is 30.2 Å². The number of thiazole rings is 1. The van der Waals surface area contributed by atoms with Crippen molar-refractivity contribution >= 4 is 11.3 Å². The molecule has 1 N–H and O–H groups in total. The molecule has 2 unspecified atom stereocenters. The average molecular weight is 251 g/mol. The van der Waals surface area contributed by atoms with Gasteiger partial charge in [0.1, 0.15) is 5.01 Å². The van der Waals surface area contributed by atoms with Gasteiger partial charge < -0.3 is 5.32 Å². The molecule has 3 nitrogen and oxygen atoms in total. The van der Waals surface area contributed by atoms with Crippen molar-refractivity contribution in [1.82, 2.24) is 15.2 Å². The van der Waals surface area contributed by atoms with Gasteiger partial charge in [0.05, 0.1) is 5.54 Å². The Morgan fingerprint density at radius 1 is 1.59 bits per heavy atom. The number of rotatable bonds is 4. The molecule has 2 atom stereocenters. The fourth-order valence-electron chi connectivity index (χ4n) is 3.21. The van der Waals surface area contributed by atoms with Crippen LogP contribution < -0.4 is 5.32 Å². The van der Waals surface area contributed by atoms with Gasteiger partial charge >= 0.3 is 0 Å². The molecule has 3 rings (SSSR count). The van der Waals surface area contributed by atoms with Crippen molar-refractivity contribution in [2.45, 2.75) is 50.7 Å². The summed E-state index contributed by atoms with van der Waals surface area (Å²) >= 11 is 1.79. The third kappa shape index (κ3) is 2.02. The van der Waals surface area contributed by atoms with E-state index in [2.05, 4.69) is 34.4 Å². The van der Waals surface area contributed by atoms with Crippen molar-refractivity contribution in [3.63, 3.8) is 0 Å². The molecule has 1 saturated carbocycles. The lowest BCUT2D eigenvalue weighted by Crippen LogP contribution is -2.45. The van der Waals surface area contributed by atoms with Gasteiger partial charge in [0.25, 0.3) is 0 Å². The Morgan fingerprint density at radius 3 is 3.00 bits per heavy atom. The summed E-state index contributed by atoms with van der Waals surface area (Å²) in [7, 11) is 0. The van der Waals surface area contributed by atoms with Crippen molar-refractivity contribution in [3.05, 3.63) is 16.6 Å². The maximum absolute atomic E-state index is 4.57. The first-order chi connectivity index (χ1) is 8.25. The van der Waals surface area contributed by atoms with E-state index in [0.717, 1.165) is 19.1 Å². The normalized spacial score (nSPS) is 34.4. The molecule has 1 aliphatic heterocycles. The van der Waals surface area contributed by atoms with Gasteiger partial charge in [-0.15, -0.1) is 11.3 Å². The van der Waals surface area contributed by atoms with E-state index in [1.165, 1.54) is 24.3 Å². The van der Waals surface area contributed by atoms with Crippen LogP contribution >= 0.6 is 11.3 Å². The second kappa shape index (κ2) is 4.34. The van der Waals surface area contributed by atoms with E-state index in [4.69, 9.17) is 0 Å². The zero-order valence-electron chi connectivity index (χ0n) is 10.6. The van der Waals surface area contributed by atoms with E-state index in [9.17, 15) is 0 Å². The summed E-state index contributed by atoms with van der Waals surface area (Å²) in [5.74, 6) is 0. The molecule has 94 valence electrons. The molecule has 2 heterocycles. The van der Waals surface area contributed by atoms with Crippen LogP contribution in [0.15, 0.2) is 11.6 Å². The van der Waals surface area contributed by atoms with Crippen LogP contribution in [0.3, 0.4) is 0 Å². The molecule has 1 aliphatic carbocycles. The van der Waals surface area contributed by atoms with Crippen LogP contribution in [0.1, 0.15) is 38.1 Å². The highest BCUT2D eigenvalue weighted by Crippen LogP contribution is 2.42. The molecular formula is C13H21N3S. The molecule has 0 spiro atoms.